The summed E-state index contributed by atoms with van der Waals surface area (Å²) >= 11 is 0. The standard InChI is InChI=1S/C20H23NO6.ClH/c1-11(12(2)27-20(26)13-6-4-3-5-7-13)17(18(21)19(24)25)14-8-9-15(22)16(23)10-14;/h3-12,17-18,22-23H,21H2,1-2H3,(H,24,25);1H/t11-,12+,17?,18+;/m1./s1. The zero-order chi connectivity index (χ0) is 20.1. The molecule has 4 atom stereocenters. The molecular weight excluding hydrogens is 386 g/mol. The first kappa shape index (κ1) is 23.3. The molecule has 5 N–H and O–H groups in total. The van der Waals surface area contributed by atoms with Crippen LogP contribution in [0.15, 0.2) is 48.5 Å². The van der Waals surface area contributed by atoms with Gasteiger partial charge in [0.2, 0.25) is 0 Å². The van der Waals surface area contributed by atoms with Crippen LogP contribution in [0.5, 0.6) is 11.5 Å². The van der Waals surface area contributed by atoms with Gasteiger partial charge in [0.05, 0.1) is 5.56 Å². The number of rotatable bonds is 7. The largest absolute Gasteiger partial charge is 0.504 e. The minimum absolute atomic E-state index is 0. The number of aromatic hydroxyl groups is 2. The lowest BCUT2D eigenvalue weighted by atomic mass is 9.79. The van der Waals surface area contributed by atoms with Gasteiger partial charge in [0.15, 0.2) is 11.5 Å². The molecule has 2 aromatic carbocycles. The van der Waals surface area contributed by atoms with Crippen molar-refractivity contribution >= 4 is 24.3 Å². The number of carboxylic acids is 1. The first-order chi connectivity index (χ1) is 12.7. The van der Waals surface area contributed by atoms with E-state index in [1.165, 1.54) is 18.2 Å². The average molecular weight is 410 g/mol. The van der Waals surface area contributed by atoms with E-state index >= 15 is 0 Å². The number of phenols is 2. The number of benzene rings is 2. The number of nitrogens with two attached hydrogens (primary N) is 1. The van der Waals surface area contributed by atoms with Crippen LogP contribution in [0, 0.1) is 5.92 Å². The molecule has 0 radical (unpaired) electrons. The molecule has 8 heteroatoms. The number of carbonyl (C=O) groups excluding carboxylic acids is 1. The van der Waals surface area contributed by atoms with Crippen molar-refractivity contribution in [1.82, 2.24) is 0 Å². The predicted molar refractivity (Wildman–Crippen MR) is 106 cm³/mol. The van der Waals surface area contributed by atoms with Crippen LogP contribution in [0.2, 0.25) is 0 Å². The Morgan fingerprint density at radius 2 is 1.61 bits per heavy atom. The molecule has 0 bridgehead atoms. The molecule has 7 nitrogen and oxygen atoms in total. The van der Waals surface area contributed by atoms with E-state index in [1.54, 1.807) is 44.2 Å². The summed E-state index contributed by atoms with van der Waals surface area (Å²) in [6, 6.07) is 11.2. The van der Waals surface area contributed by atoms with E-state index in [4.69, 9.17) is 10.5 Å². The Morgan fingerprint density at radius 1 is 1.00 bits per heavy atom. The maximum absolute atomic E-state index is 12.3. The molecule has 0 spiro atoms. The van der Waals surface area contributed by atoms with E-state index in [9.17, 15) is 24.9 Å². The number of aliphatic carboxylic acids is 1. The summed E-state index contributed by atoms with van der Waals surface area (Å²) in [6.45, 7) is 3.38. The van der Waals surface area contributed by atoms with E-state index in [0.717, 1.165) is 0 Å². The third-order valence-electron chi connectivity index (χ3n) is 4.67. The molecule has 0 aliphatic carbocycles. The molecule has 0 heterocycles. The second-order valence-corrected chi connectivity index (χ2v) is 6.47. The van der Waals surface area contributed by atoms with Gasteiger partial charge in [-0.1, -0.05) is 31.2 Å². The number of phenolic OH excluding ortho intramolecular Hbond substituents is 2. The highest BCUT2D eigenvalue weighted by Crippen LogP contribution is 2.35. The van der Waals surface area contributed by atoms with Crippen molar-refractivity contribution in [3.8, 4) is 11.5 Å². The number of esters is 1. The van der Waals surface area contributed by atoms with E-state index in [0.29, 0.717) is 11.1 Å². The summed E-state index contributed by atoms with van der Waals surface area (Å²) in [6.07, 6.45) is -0.649. The lowest BCUT2D eigenvalue weighted by Crippen LogP contribution is -2.42. The van der Waals surface area contributed by atoms with Crippen LogP contribution in [0.4, 0.5) is 0 Å². The van der Waals surface area contributed by atoms with Crippen molar-refractivity contribution in [2.75, 3.05) is 0 Å². The van der Waals surface area contributed by atoms with Crippen molar-refractivity contribution in [3.63, 3.8) is 0 Å². The second-order valence-electron chi connectivity index (χ2n) is 6.47. The maximum Gasteiger partial charge on any atom is 0.338 e. The van der Waals surface area contributed by atoms with E-state index in [-0.39, 0.29) is 23.9 Å². The number of halogens is 1. The van der Waals surface area contributed by atoms with E-state index in [2.05, 4.69) is 0 Å². The molecule has 0 amide bonds. The zero-order valence-electron chi connectivity index (χ0n) is 15.5. The van der Waals surface area contributed by atoms with Gasteiger partial charge in [-0.05, 0) is 36.8 Å². The summed E-state index contributed by atoms with van der Waals surface area (Å²) in [7, 11) is 0. The quantitative estimate of drug-likeness (QED) is 0.408. The van der Waals surface area contributed by atoms with Crippen molar-refractivity contribution in [3.05, 3.63) is 59.7 Å². The van der Waals surface area contributed by atoms with Crippen LogP contribution in [0.25, 0.3) is 0 Å². The number of hydrogen-bond donors (Lipinski definition) is 4. The summed E-state index contributed by atoms with van der Waals surface area (Å²) < 4.78 is 5.49. The summed E-state index contributed by atoms with van der Waals surface area (Å²) in [4.78, 5) is 23.8. The average Bonchev–Trinajstić information content (AvgIpc) is 2.65. The van der Waals surface area contributed by atoms with Crippen LogP contribution < -0.4 is 5.73 Å². The first-order valence-corrected chi connectivity index (χ1v) is 8.48. The third kappa shape index (κ3) is 5.37. The van der Waals surface area contributed by atoms with Gasteiger partial charge in [0.25, 0.3) is 0 Å². The van der Waals surface area contributed by atoms with Crippen LogP contribution in [-0.2, 0) is 9.53 Å². The van der Waals surface area contributed by atoms with E-state index in [1.807, 2.05) is 0 Å². The van der Waals surface area contributed by atoms with Gasteiger partial charge < -0.3 is 25.8 Å². The fourth-order valence-electron chi connectivity index (χ4n) is 2.95. The molecule has 0 aromatic heterocycles. The Bertz CT molecular complexity index is 814. The Hall–Kier alpha value is -2.77. The minimum atomic E-state index is -1.29. The molecule has 0 saturated carbocycles. The number of ether oxygens (including phenoxy) is 1. The van der Waals surface area contributed by atoms with Gasteiger partial charge in [-0.25, -0.2) is 4.79 Å². The molecule has 0 saturated heterocycles. The monoisotopic (exact) mass is 409 g/mol. The van der Waals surface area contributed by atoms with Crippen LogP contribution >= 0.6 is 12.4 Å². The van der Waals surface area contributed by atoms with Crippen LogP contribution in [-0.4, -0.2) is 39.4 Å². The molecule has 2 aromatic rings. The molecular formula is C20H24ClNO6. The van der Waals surface area contributed by atoms with Gasteiger partial charge in [-0.3, -0.25) is 4.79 Å². The lowest BCUT2D eigenvalue weighted by Gasteiger charge is -2.31. The minimum Gasteiger partial charge on any atom is -0.504 e. The topological polar surface area (TPSA) is 130 Å². The Labute approximate surface area is 169 Å². The maximum atomic E-state index is 12.3. The Balaban J connectivity index is 0.00000392. The normalized spacial score (nSPS) is 14.8. The van der Waals surface area contributed by atoms with Gasteiger partial charge in [-0.15, -0.1) is 12.4 Å². The Kier molecular flexibility index (Phi) is 8.28. The van der Waals surface area contributed by atoms with Crippen molar-refractivity contribution in [2.24, 2.45) is 11.7 Å². The fourth-order valence-corrected chi connectivity index (χ4v) is 2.95. The molecule has 0 aliphatic heterocycles. The predicted octanol–water partition coefficient (Wildman–Crippen LogP) is 2.90. The van der Waals surface area contributed by atoms with Gasteiger partial charge in [-0.2, -0.15) is 0 Å². The first-order valence-electron chi connectivity index (χ1n) is 8.48. The highest BCUT2D eigenvalue weighted by molar-refractivity contribution is 5.89. The fraction of sp³-hybridized carbons (Fsp3) is 0.300. The molecule has 2 rings (SSSR count). The SMILES string of the molecule is C[C@H](OC(=O)c1ccccc1)[C@@H](C)C(c1ccc(O)c(O)c1)[C@H](N)C(=O)O.Cl. The van der Waals surface area contributed by atoms with E-state index < -0.39 is 35.9 Å². The smallest absolute Gasteiger partial charge is 0.338 e. The van der Waals surface area contributed by atoms with Crippen molar-refractivity contribution < 1.29 is 29.6 Å². The van der Waals surface area contributed by atoms with Crippen molar-refractivity contribution in [1.29, 1.82) is 0 Å². The Morgan fingerprint density at radius 3 is 2.14 bits per heavy atom. The lowest BCUT2D eigenvalue weighted by molar-refractivity contribution is -0.139. The summed E-state index contributed by atoms with van der Waals surface area (Å²) in [5, 5.41) is 28.6. The van der Waals surface area contributed by atoms with Gasteiger partial charge >= 0.3 is 11.9 Å². The van der Waals surface area contributed by atoms with Crippen molar-refractivity contribution in [2.45, 2.75) is 31.9 Å². The number of carbonyl (C=O) groups is 2. The molecule has 152 valence electrons. The highest BCUT2D eigenvalue weighted by Gasteiger charge is 2.35. The molecule has 28 heavy (non-hydrogen) atoms. The van der Waals surface area contributed by atoms with Gasteiger partial charge in [0.1, 0.15) is 12.1 Å². The summed E-state index contributed by atoms with van der Waals surface area (Å²) in [5.41, 5.74) is 6.69. The molecule has 1 unspecified atom stereocenters. The van der Waals surface area contributed by atoms with Crippen LogP contribution in [0.1, 0.15) is 35.7 Å². The number of carboxylic acid groups (broad SMARTS) is 1. The highest BCUT2D eigenvalue weighted by atomic mass is 35.5. The summed E-state index contributed by atoms with van der Waals surface area (Å²) in [5.74, 6) is -3.68. The molecule has 0 fully saturated rings. The molecule has 0 aliphatic rings. The third-order valence-corrected chi connectivity index (χ3v) is 4.67. The number of hydrogen-bond acceptors (Lipinski definition) is 6. The van der Waals surface area contributed by atoms with Crippen LogP contribution in [0.3, 0.4) is 0 Å². The zero-order valence-corrected chi connectivity index (χ0v) is 16.3. The second kappa shape index (κ2) is 9.96. The van der Waals surface area contributed by atoms with Gasteiger partial charge in [0, 0.05) is 11.8 Å².